The number of hydrogen-bond donors (Lipinski definition) is 1. The Labute approximate surface area is 129 Å². The highest BCUT2D eigenvalue weighted by atomic mass is 32.1. The van der Waals surface area contributed by atoms with Crippen molar-refractivity contribution >= 4 is 16.3 Å². The van der Waals surface area contributed by atoms with Gasteiger partial charge in [-0.05, 0) is 51.3 Å². The van der Waals surface area contributed by atoms with Gasteiger partial charge in [-0.25, -0.2) is 0 Å². The number of nitrogens with zero attached hydrogens (tertiary/aromatic N) is 2. The van der Waals surface area contributed by atoms with Crippen LogP contribution in [0.5, 0.6) is 0 Å². The first-order chi connectivity index (χ1) is 10.1. The summed E-state index contributed by atoms with van der Waals surface area (Å²) in [4.78, 5) is 14.2. The Hall–Kier alpha value is -0.980. The zero-order chi connectivity index (χ0) is 14.8. The van der Waals surface area contributed by atoms with E-state index < -0.39 is 0 Å². The second-order valence-electron chi connectivity index (χ2n) is 6.30. The molecular formula is C15H23N3O2S. The molecule has 21 heavy (non-hydrogen) atoms. The Morgan fingerprint density at radius 1 is 1.38 bits per heavy atom. The molecular weight excluding hydrogens is 286 g/mol. The lowest BCUT2D eigenvalue weighted by molar-refractivity contribution is -0.380. The molecule has 2 heterocycles. The average Bonchev–Trinajstić information content (AvgIpc) is 3.19. The van der Waals surface area contributed by atoms with E-state index in [0.717, 1.165) is 24.0 Å². The molecule has 1 aliphatic carbocycles. The first kappa shape index (κ1) is 14.9. The van der Waals surface area contributed by atoms with Gasteiger partial charge in [-0.2, -0.15) is 0 Å². The predicted octanol–water partition coefficient (Wildman–Crippen LogP) is 3.18. The van der Waals surface area contributed by atoms with Gasteiger partial charge >= 0.3 is 5.00 Å². The summed E-state index contributed by atoms with van der Waals surface area (Å²) in [5.74, 6) is 0.552. The summed E-state index contributed by atoms with van der Waals surface area (Å²) in [6, 6.07) is 4.65. The van der Waals surface area contributed by atoms with Crippen molar-refractivity contribution in [3.8, 4) is 0 Å². The van der Waals surface area contributed by atoms with E-state index in [1.165, 1.54) is 43.4 Å². The van der Waals surface area contributed by atoms with Crippen LogP contribution in [0.3, 0.4) is 0 Å². The van der Waals surface area contributed by atoms with Gasteiger partial charge in [0.05, 0.1) is 4.92 Å². The Balaban J connectivity index is 1.78. The molecule has 0 aromatic carbocycles. The summed E-state index contributed by atoms with van der Waals surface area (Å²) in [5, 5.41) is 14.9. The molecule has 1 saturated heterocycles. The van der Waals surface area contributed by atoms with E-state index >= 15 is 0 Å². The molecule has 5 nitrogen and oxygen atoms in total. The van der Waals surface area contributed by atoms with Crippen molar-refractivity contribution in [3.63, 3.8) is 0 Å². The van der Waals surface area contributed by atoms with E-state index in [9.17, 15) is 10.1 Å². The predicted molar refractivity (Wildman–Crippen MR) is 84.7 cm³/mol. The number of likely N-dealkylation sites (tertiary alicyclic amines) is 1. The zero-order valence-electron chi connectivity index (χ0n) is 12.5. The molecule has 0 spiro atoms. The Morgan fingerprint density at radius 3 is 2.86 bits per heavy atom. The Kier molecular flexibility index (Phi) is 4.57. The number of nitro groups is 1. The summed E-state index contributed by atoms with van der Waals surface area (Å²) >= 11 is 1.35. The van der Waals surface area contributed by atoms with Crippen LogP contribution in [0.1, 0.15) is 43.0 Å². The molecule has 0 bridgehead atoms. The lowest BCUT2D eigenvalue weighted by Gasteiger charge is -2.31. The Morgan fingerprint density at radius 2 is 2.19 bits per heavy atom. The van der Waals surface area contributed by atoms with E-state index in [1.807, 2.05) is 6.07 Å². The van der Waals surface area contributed by atoms with Gasteiger partial charge in [-0.1, -0.05) is 17.8 Å². The van der Waals surface area contributed by atoms with Crippen molar-refractivity contribution in [1.29, 1.82) is 0 Å². The summed E-state index contributed by atoms with van der Waals surface area (Å²) in [5.41, 5.74) is 0. The van der Waals surface area contributed by atoms with Crippen molar-refractivity contribution in [2.24, 2.45) is 5.92 Å². The summed E-state index contributed by atoms with van der Waals surface area (Å²) < 4.78 is 0. The van der Waals surface area contributed by atoms with Crippen molar-refractivity contribution in [1.82, 2.24) is 10.2 Å². The van der Waals surface area contributed by atoms with Gasteiger partial charge in [0.25, 0.3) is 0 Å². The van der Waals surface area contributed by atoms with Gasteiger partial charge in [0, 0.05) is 29.6 Å². The quantitative estimate of drug-likeness (QED) is 0.670. The van der Waals surface area contributed by atoms with Crippen molar-refractivity contribution in [2.75, 3.05) is 20.1 Å². The van der Waals surface area contributed by atoms with Crippen molar-refractivity contribution < 1.29 is 4.92 Å². The molecule has 0 radical (unpaired) electrons. The van der Waals surface area contributed by atoms with Gasteiger partial charge in [0.15, 0.2) is 0 Å². The molecule has 6 heteroatoms. The molecule has 3 rings (SSSR count). The van der Waals surface area contributed by atoms with Crippen LogP contribution in [0.15, 0.2) is 12.1 Å². The highest BCUT2D eigenvalue weighted by molar-refractivity contribution is 7.15. The van der Waals surface area contributed by atoms with Crippen molar-refractivity contribution in [2.45, 2.75) is 44.2 Å². The van der Waals surface area contributed by atoms with Gasteiger partial charge < -0.3 is 5.32 Å². The second kappa shape index (κ2) is 6.42. The van der Waals surface area contributed by atoms with Crippen LogP contribution in [0, 0.1) is 16.0 Å². The fraction of sp³-hybridized carbons (Fsp3) is 0.733. The van der Waals surface area contributed by atoms with Crippen LogP contribution < -0.4 is 5.32 Å². The van der Waals surface area contributed by atoms with Crippen LogP contribution in [0.25, 0.3) is 0 Å². The minimum absolute atomic E-state index is 0.261. The van der Waals surface area contributed by atoms with E-state index in [1.54, 1.807) is 6.07 Å². The third-order valence-electron chi connectivity index (χ3n) is 4.59. The fourth-order valence-electron chi connectivity index (χ4n) is 3.29. The number of thiophene rings is 1. The third kappa shape index (κ3) is 3.62. The maximum atomic E-state index is 10.9. The van der Waals surface area contributed by atoms with Gasteiger partial charge in [-0.15, -0.1) is 0 Å². The Bertz CT molecular complexity index is 501. The average molecular weight is 309 g/mol. The minimum atomic E-state index is -0.275. The van der Waals surface area contributed by atoms with Gasteiger partial charge in [0.1, 0.15) is 0 Å². The number of hydrogen-bond acceptors (Lipinski definition) is 5. The molecule has 2 unspecified atom stereocenters. The first-order valence-electron chi connectivity index (χ1n) is 7.83. The lowest BCUT2D eigenvalue weighted by atomic mass is 9.93. The minimum Gasteiger partial charge on any atom is -0.314 e. The smallest absolute Gasteiger partial charge is 0.314 e. The van der Waals surface area contributed by atoms with Crippen molar-refractivity contribution in [3.05, 3.63) is 27.1 Å². The van der Waals surface area contributed by atoms with Crippen LogP contribution in [-0.2, 0) is 0 Å². The second-order valence-corrected chi connectivity index (χ2v) is 7.39. The fourth-order valence-corrected chi connectivity index (χ4v) is 4.37. The van der Waals surface area contributed by atoms with E-state index in [4.69, 9.17) is 0 Å². The number of nitrogens with one attached hydrogen (secondary N) is 1. The molecule has 0 amide bonds. The standard InChI is InChI=1S/C15H23N3O2S/c1-17-9-3-2-4-11(10-16-12-5-6-12)15(17)13-7-8-14(21-13)18(19)20/h7-8,11-12,15-16H,2-6,9-10H2,1H3. The summed E-state index contributed by atoms with van der Waals surface area (Å²) in [7, 11) is 2.16. The normalized spacial score (nSPS) is 27.5. The molecule has 2 atom stereocenters. The SMILES string of the molecule is CN1CCCCC(CNC2CC2)C1c1ccc([N+](=O)[O-])s1. The van der Waals surface area contributed by atoms with Crippen LogP contribution >= 0.6 is 11.3 Å². The highest BCUT2D eigenvalue weighted by Crippen LogP contribution is 2.39. The zero-order valence-corrected chi connectivity index (χ0v) is 13.3. The number of rotatable bonds is 5. The lowest BCUT2D eigenvalue weighted by Crippen LogP contribution is -2.35. The van der Waals surface area contributed by atoms with E-state index in [2.05, 4.69) is 17.3 Å². The van der Waals surface area contributed by atoms with Gasteiger partial charge in [0.2, 0.25) is 0 Å². The maximum Gasteiger partial charge on any atom is 0.324 e. The highest BCUT2D eigenvalue weighted by Gasteiger charge is 2.32. The molecule has 116 valence electrons. The largest absolute Gasteiger partial charge is 0.324 e. The van der Waals surface area contributed by atoms with E-state index in [0.29, 0.717) is 12.0 Å². The van der Waals surface area contributed by atoms with Gasteiger partial charge in [-0.3, -0.25) is 15.0 Å². The first-order valence-corrected chi connectivity index (χ1v) is 8.64. The monoisotopic (exact) mass is 309 g/mol. The summed E-state index contributed by atoms with van der Waals surface area (Å²) in [6.07, 6.45) is 6.29. The summed E-state index contributed by atoms with van der Waals surface area (Å²) in [6.45, 7) is 2.11. The topological polar surface area (TPSA) is 58.4 Å². The molecule has 1 aromatic heterocycles. The van der Waals surface area contributed by atoms with Crippen LogP contribution in [-0.4, -0.2) is 36.0 Å². The van der Waals surface area contributed by atoms with Crippen LogP contribution in [0.2, 0.25) is 0 Å². The maximum absolute atomic E-state index is 10.9. The third-order valence-corrected chi connectivity index (χ3v) is 5.69. The molecule has 2 fully saturated rings. The van der Waals surface area contributed by atoms with Crippen LogP contribution in [0.4, 0.5) is 5.00 Å². The molecule has 1 saturated carbocycles. The molecule has 2 aliphatic rings. The van der Waals surface area contributed by atoms with E-state index in [-0.39, 0.29) is 9.92 Å². The molecule has 1 N–H and O–H groups in total. The molecule has 1 aromatic rings. The molecule has 1 aliphatic heterocycles.